The van der Waals surface area contributed by atoms with E-state index in [2.05, 4.69) is 5.32 Å². The number of benzene rings is 2. The van der Waals surface area contributed by atoms with Crippen molar-refractivity contribution in [3.63, 3.8) is 0 Å². The first kappa shape index (κ1) is 18.3. The molecular formula is C23H18N3O3S+. The minimum Gasteiger partial charge on any atom is -0.508 e. The molecule has 1 unspecified atom stereocenters. The second kappa shape index (κ2) is 7.27. The van der Waals surface area contributed by atoms with Crippen LogP contribution in [-0.4, -0.2) is 27.1 Å². The summed E-state index contributed by atoms with van der Waals surface area (Å²) in [6, 6.07) is 17.2. The molecule has 2 aromatic heterocycles. The minimum atomic E-state index is -0.426. The molecule has 2 aromatic carbocycles. The molecule has 0 saturated heterocycles. The number of aromatic nitrogens is 2. The van der Waals surface area contributed by atoms with Gasteiger partial charge in [0.15, 0.2) is 11.7 Å². The molecule has 30 heavy (non-hydrogen) atoms. The molecule has 7 heteroatoms. The molecule has 3 N–H and O–H groups in total. The van der Waals surface area contributed by atoms with Crippen molar-refractivity contribution in [3.05, 3.63) is 77.8 Å². The van der Waals surface area contributed by atoms with Crippen LogP contribution in [-0.2, 0) is 6.42 Å². The fourth-order valence-electron chi connectivity index (χ4n) is 3.57. The van der Waals surface area contributed by atoms with Crippen LogP contribution in [0.1, 0.15) is 10.4 Å². The van der Waals surface area contributed by atoms with Gasteiger partial charge in [0.1, 0.15) is 23.4 Å². The van der Waals surface area contributed by atoms with Crippen molar-refractivity contribution in [1.82, 2.24) is 4.98 Å². The predicted molar refractivity (Wildman–Crippen MR) is 115 cm³/mol. The average molecular weight is 416 g/mol. The third kappa shape index (κ3) is 3.29. The van der Waals surface area contributed by atoms with Gasteiger partial charge in [-0.3, -0.25) is 5.32 Å². The van der Waals surface area contributed by atoms with Crippen LogP contribution in [0.4, 0.5) is 5.82 Å². The number of hydrogen-bond donors (Lipinski definition) is 3. The van der Waals surface area contributed by atoms with Gasteiger partial charge < -0.3 is 10.2 Å². The van der Waals surface area contributed by atoms with E-state index >= 15 is 0 Å². The molecule has 148 valence electrons. The van der Waals surface area contributed by atoms with Crippen molar-refractivity contribution in [1.29, 1.82) is 0 Å². The van der Waals surface area contributed by atoms with Crippen LogP contribution in [0.15, 0.2) is 72.2 Å². The second-order valence-electron chi connectivity index (χ2n) is 7.12. The van der Waals surface area contributed by atoms with Crippen LogP contribution in [0.5, 0.6) is 11.5 Å². The van der Waals surface area contributed by atoms with Gasteiger partial charge in [0, 0.05) is 12.0 Å². The summed E-state index contributed by atoms with van der Waals surface area (Å²) in [5, 5.41) is 24.4. The minimum absolute atomic E-state index is 0.0571. The number of thiophene rings is 1. The fourth-order valence-corrected chi connectivity index (χ4v) is 4.29. The Morgan fingerprint density at radius 2 is 1.70 bits per heavy atom. The number of rotatable bonds is 4. The summed E-state index contributed by atoms with van der Waals surface area (Å²) >= 11 is 1.56. The molecule has 0 amide bonds. The Bertz CT molecular complexity index is 1220. The van der Waals surface area contributed by atoms with Gasteiger partial charge in [0.2, 0.25) is 0 Å². The molecule has 1 aliphatic rings. The lowest BCUT2D eigenvalue weighted by atomic mass is 10.1. The highest BCUT2D eigenvalue weighted by molar-refractivity contribution is 7.13. The van der Waals surface area contributed by atoms with E-state index in [0.29, 0.717) is 17.9 Å². The summed E-state index contributed by atoms with van der Waals surface area (Å²) < 4.78 is 1.63. The normalized spacial score (nSPS) is 15.1. The standard InChI is InChI=1S/C23H17N3O3S/c27-16-7-3-14(4-8-16)12-18-23(29)26-13-19(15-5-9-17(28)10-6-15)24-21(22(26)25-18)20-2-1-11-30-20/h1-11,13,18,27-28H,12H2/p+1. The quantitative estimate of drug-likeness (QED) is 0.440. The summed E-state index contributed by atoms with van der Waals surface area (Å²) in [4.78, 5) is 19.0. The van der Waals surface area contributed by atoms with Gasteiger partial charge in [-0.25, -0.2) is 9.78 Å². The smallest absolute Gasteiger partial charge is 0.359 e. The Labute approximate surface area is 176 Å². The molecule has 0 saturated carbocycles. The number of phenols is 2. The summed E-state index contributed by atoms with van der Waals surface area (Å²) in [5.41, 5.74) is 3.15. The Balaban J connectivity index is 1.57. The maximum Gasteiger partial charge on any atom is 0.359 e. The monoisotopic (exact) mass is 416 g/mol. The van der Waals surface area contributed by atoms with Gasteiger partial charge >= 0.3 is 11.7 Å². The van der Waals surface area contributed by atoms with E-state index in [1.165, 1.54) is 0 Å². The lowest BCUT2D eigenvalue weighted by molar-refractivity contribution is -0.551. The van der Waals surface area contributed by atoms with Crippen molar-refractivity contribution in [2.75, 3.05) is 5.32 Å². The van der Waals surface area contributed by atoms with Gasteiger partial charge in [-0.2, -0.15) is 4.57 Å². The van der Waals surface area contributed by atoms with E-state index in [1.54, 1.807) is 58.5 Å². The molecule has 4 aromatic rings. The lowest BCUT2D eigenvalue weighted by Crippen LogP contribution is -2.43. The number of anilines is 1. The first-order chi connectivity index (χ1) is 14.6. The molecule has 0 radical (unpaired) electrons. The van der Waals surface area contributed by atoms with Crippen LogP contribution in [0.3, 0.4) is 0 Å². The van der Waals surface area contributed by atoms with E-state index in [0.717, 1.165) is 21.7 Å². The van der Waals surface area contributed by atoms with Crippen LogP contribution in [0.25, 0.3) is 21.8 Å². The fraction of sp³-hybridized carbons (Fsp3) is 0.0870. The first-order valence-corrected chi connectivity index (χ1v) is 10.3. The Kier molecular flexibility index (Phi) is 4.44. The molecule has 6 nitrogen and oxygen atoms in total. The number of phenolic OH excluding ortho intramolecular Hbond substituents is 2. The second-order valence-corrected chi connectivity index (χ2v) is 8.07. The topological polar surface area (TPSA) is 86.3 Å². The lowest BCUT2D eigenvalue weighted by Gasteiger charge is -2.05. The van der Waals surface area contributed by atoms with Gasteiger partial charge in [-0.1, -0.05) is 18.2 Å². The molecule has 1 atom stereocenters. The summed E-state index contributed by atoms with van der Waals surface area (Å²) in [6.07, 6.45) is 2.24. The van der Waals surface area contributed by atoms with Gasteiger partial charge in [-0.15, -0.1) is 11.3 Å². The predicted octanol–water partition coefficient (Wildman–Crippen LogP) is 3.85. The van der Waals surface area contributed by atoms with Crippen LogP contribution in [0.2, 0.25) is 0 Å². The highest BCUT2D eigenvalue weighted by Crippen LogP contribution is 2.33. The Morgan fingerprint density at radius 1 is 1.00 bits per heavy atom. The molecule has 3 heterocycles. The van der Waals surface area contributed by atoms with Crippen molar-refractivity contribution in [3.8, 4) is 33.3 Å². The number of aromatic hydroxyl groups is 2. The zero-order valence-corrected chi connectivity index (χ0v) is 16.6. The molecular weight excluding hydrogens is 398 g/mol. The molecule has 1 aliphatic heterocycles. The van der Waals surface area contributed by atoms with Gasteiger partial charge in [-0.05, 0) is 53.4 Å². The van der Waals surface area contributed by atoms with Crippen molar-refractivity contribution >= 4 is 23.1 Å². The first-order valence-electron chi connectivity index (χ1n) is 9.47. The van der Waals surface area contributed by atoms with Crippen molar-refractivity contribution in [2.45, 2.75) is 12.5 Å². The number of nitrogens with zero attached hydrogens (tertiary/aromatic N) is 2. The number of fused-ring (bicyclic) bond motifs is 1. The molecule has 0 bridgehead atoms. The molecule has 0 fully saturated rings. The van der Waals surface area contributed by atoms with Crippen LogP contribution in [0, 0.1) is 0 Å². The van der Waals surface area contributed by atoms with Crippen LogP contribution >= 0.6 is 11.3 Å². The SMILES string of the molecule is O=C1C(Cc2ccc(O)cc2)Nc2c(-c3cccs3)nc(-c3ccc(O)cc3)c[n+]21. The molecule has 5 rings (SSSR count). The zero-order chi connectivity index (χ0) is 20.7. The highest BCUT2D eigenvalue weighted by atomic mass is 32.1. The average Bonchev–Trinajstić information content (AvgIpc) is 3.39. The van der Waals surface area contributed by atoms with E-state index in [9.17, 15) is 15.0 Å². The van der Waals surface area contributed by atoms with Crippen LogP contribution < -0.4 is 9.88 Å². The third-order valence-electron chi connectivity index (χ3n) is 5.09. The van der Waals surface area contributed by atoms with E-state index in [1.807, 2.05) is 29.6 Å². The van der Waals surface area contributed by atoms with E-state index in [-0.39, 0.29) is 17.4 Å². The number of nitrogens with one attached hydrogen (secondary N) is 1. The molecule has 0 aliphatic carbocycles. The van der Waals surface area contributed by atoms with E-state index < -0.39 is 6.04 Å². The zero-order valence-electron chi connectivity index (χ0n) is 15.8. The summed E-state index contributed by atoms with van der Waals surface area (Å²) in [7, 11) is 0. The molecule has 0 spiro atoms. The maximum atomic E-state index is 13.2. The van der Waals surface area contributed by atoms with E-state index in [4.69, 9.17) is 4.98 Å². The summed E-state index contributed by atoms with van der Waals surface area (Å²) in [5.74, 6) is 0.995. The number of carbonyl (C=O) groups is 1. The van der Waals surface area contributed by atoms with Gasteiger partial charge in [0.05, 0.1) is 4.88 Å². The number of hydrogen-bond acceptors (Lipinski definition) is 6. The maximum absolute atomic E-state index is 13.2. The largest absolute Gasteiger partial charge is 0.508 e. The van der Waals surface area contributed by atoms with Gasteiger partial charge in [0.25, 0.3) is 0 Å². The Hall–Kier alpha value is -3.71. The summed E-state index contributed by atoms with van der Waals surface area (Å²) in [6.45, 7) is 0. The number of carbonyl (C=O) groups excluding carboxylic acids is 1. The van der Waals surface area contributed by atoms with Crippen molar-refractivity contribution in [2.24, 2.45) is 0 Å². The third-order valence-corrected chi connectivity index (χ3v) is 5.97. The van der Waals surface area contributed by atoms with Crippen molar-refractivity contribution < 1.29 is 19.6 Å². The Morgan fingerprint density at radius 3 is 2.37 bits per heavy atom. The highest BCUT2D eigenvalue weighted by Gasteiger charge is 2.41.